The summed E-state index contributed by atoms with van der Waals surface area (Å²) in [5.74, 6) is 0.336. The Morgan fingerprint density at radius 2 is 2.00 bits per heavy atom. The molecule has 5 heteroatoms. The van der Waals surface area contributed by atoms with E-state index in [1.165, 1.54) is 19.3 Å². The van der Waals surface area contributed by atoms with Crippen molar-refractivity contribution in [1.29, 1.82) is 0 Å². The van der Waals surface area contributed by atoms with Crippen molar-refractivity contribution in [2.45, 2.75) is 51.6 Å². The lowest BCUT2D eigenvalue weighted by Crippen LogP contribution is -2.98. The van der Waals surface area contributed by atoms with Crippen LogP contribution in [0.1, 0.15) is 39.5 Å². The smallest absolute Gasteiger partial charge is 0.319 e. The van der Waals surface area contributed by atoms with E-state index in [0.717, 1.165) is 6.42 Å². The van der Waals surface area contributed by atoms with Gasteiger partial charge < -0.3 is 11.1 Å². The molecule has 1 saturated carbocycles. The average molecular weight is 228 g/mol. The summed E-state index contributed by atoms with van der Waals surface area (Å²) in [7, 11) is 0. The highest BCUT2D eigenvalue weighted by atomic mass is 16.2. The molecule has 0 heterocycles. The van der Waals surface area contributed by atoms with Crippen LogP contribution >= 0.6 is 0 Å². The highest BCUT2D eigenvalue weighted by Gasteiger charge is 2.28. The van der Waals surface area contributed by atoms with Crippen molar-refractivity contribution < 1.29 is 14.9 Å². The SMILES string of the molecule is C[C@H]([NH2+][C@@H]1CCCC[C@@H]1C)C(=O)NC(N)=O. The summed E-state index contributed by atoms with van der Waals surface area (Å²) in [6.07, 6.45) is 4.89. The first-order chi connectivity index (χ1) is 7.50. The number of nitrogens with two attached hydrogens (primary N) is 2. The summed E-state index contributed by atoms with van der Waals surface area (Å²) in [6, 6.07) is -0.539. The van der Waals surface area contributed by atoms with Gasteiger partial charge in [-0.1, -0.05) is 13.3 Å². The van der Waals surface area contributed by atoms with Gasteiger partial charge in [0.1, 0.15) is 0 Å². The quantitative estimate of drug-likeness (QED) is 0.620. The zero-order valence-corrected chi connectivity index (χ0v) is 10.0. The molecule has 0 unspecified atom stereocenters. The third-order valence-corrected chi connectivity index (χ3v) is 3.37. The molecule has 0 aromatic carbocycles. The van der Waals surface area contributed by atoms with Gasteiger partial charge in [-0.25, -0.2) is 4.79 Å². The summed E-state index contributed by atoms with van der Waals surface area (Å²) < 4.78 is 0. The van der Waals surface area contributed by atoms with Gasteiger partial charge in [0.15, 0.2) is 6.04 Å². The molecule has 5 nitrogen and oxygen atoms in total. The standard InChI is InChI=1S/C11H21N3O2/c1-7-5-3-4-6-9(7)13-8(2)10(15)14-11(12)16/h7-9,13H,3-6H2,1-2H3,(H3,12,14,15,16)/p+1/t7-,8-,9+/m0/s1. The van der Waals surface area contributed by atoms with Crippen LogP contribution in [0, 0.1) is 5.92 Å². The maximum atomic E-state index is 11.5. The number of hydrogen-bond acceptors (Lipinski definition) is 2. The van der Waals surface area contributed by atoms with E-state index in [-0.39, 0.29) is 11.9 Å². The van der Waals surface area contributed by atoms with Crippen LogP contribution in [0.15, 0.2) is 0 Å². The lowest BCUT2D eigenvalue weighted by Gasteiger charge is -2.28. The van der Waals surface area contributed by atoms with E-state index in [1.54, 1.807) is 6.92 Å². The first-order valence-corrected chi connectivity index (χ1v) is 5.96. The average Bonchev–Trinajstić information content (AvgIpc) is 2.20. The molecule has 1 fully saturated rings. The number of carbonyl (C=O) groups excluding carboxylic acids is 2. The predicted octanol–water partition coefficient (Wildman–Crippen LogP) is -0.288. The number of nitrogens with one attached hydrogen (secondary N) is 1. The van der Waals surface area contributed by atoms with Crippen molar-refractivity contribution in [3.05, 3.63) is 0 Å². The summed E-state index contributed by atoms with van der Waals surface area (Å²) in [5, 5.41) is 4.17. The molecule has 1 aliphatic rings. The Balaban J connectivity index is 2.40. The van der Waals surface area contributed by atoms with Crippen LogP contribution in [-0.2, 0) is 4.79 Å². The Morgan fingerprint density at radius 1 is 1.38 bits per heavy atom. The molecule has 3 atom stereocenters. The maximum absolute atomic E-state index is 11.5. The molecule has 5 N–H and O–H groups in total. The maximum Gasteiger partial charge on any atom is 0.319 e. The summed E-state index contributed by atoms with van der Waals surface area (Å²) in [4.78, 5) is 22.0. The number of hydrogen-bond donors (Lipinski definition) is 3. The summed E-state index contributed by atoms with van der Waals surface area (Å²) >= 11 is 0. The zero-order valence-electron chi connectivity index (χ0n) is 10.0. The number of carbonyl (C=O) groups is 2. The molecular weight excluding hydrogens is 206 g/mol. The van der Waals surface area contributed by atoms with Gasteiger partial charge >= 0.3 is 6.03 Å². The van der Waals surface area contributed by atoms with Crippen LogP contribution in [-0.4, -0.2) is 24.0 Å². The van der Waals surface area contributed by atoms with Gasteiger partial charge in [0.05, 0.1) is 6.04 Å². The van der Waals surface area contributed by atoms with Gasteiger partial charge in [-0.2, -0.15) is 0 Å². The van der Waals surface area contributed by atoms with E-state index >= 15 is 0 Å². The lowest BCUT2D eigenvalue weighted by atomic mass is 9.85. The van der Waals surface area contributed by atoms with Crippen LogP contribution in [0.3, 0.4) is 0 Å². The van der Waals surface area contributed by atoms with E-state index in [9.17, 15) is 9.59 Å². The number of rotatable bonds is 3. The first kappa shape index (κ1) is 13.0. The van der Waals surface area contributed by atoms with E-state index in [0.29, 0.717) is 12.0 Å². The Hall–Kier alpha value is -1.10. The first-order valence-electron chi connectivity index (χ1n) is 5.96. The van der Waals surface area contributed by atoms with Crippen molar-refractivity contribution in [3.8, 4) is 0 Å². The molecule has 1 aliphatic carbocycles. The fourth-order valence-electron chi connectivity index (χ4n) is 2.32. The third kappa shape index (κ3) is 3.81. The second kappa shape index (κ2) is 5.84. The van der Waals surface area contributed by atoms with Crippen molar-refractivity contribution in [3.63, 3.8) is 0 Å². The van der Waals surface area contributed by atoms with Gasteiger partial charge in [-0.05, 0) is 26.2 Å². The molecule has 16 heavy (non-hydrogen) atoms. The second-order valence-corrected chi connectivity index (χ2v) is 4.76. The summed E-state index contributed by atoms with van der Waals surface area (Å²) in [6.45, 7) is 4.03. The molecule has 92 valence electrons. The molecule has 3 amide bonds. The molecular formula is C11H22N3O2+. The van der Waals surface area contributed by atoms with Gasteiger partial charge in [0, 0.05) is 5.92 Å². The molecule has 0 saturated heterocycles. The minimum absolute atomic E-state index is 0.252. The van der Waals surface area contributed by atoms with Crippen molar-refractivity contribution in [2.75, 3.05) is 0 Å². The molecule has 0 radical (unpaired) electrons. The largest absolute Gasteiger partial charge is 0.351 e. The van der Waals surface area contributed by atoms with Crippen molar-refractivity contribution >= 4 is 11.9 Å². The van der Waals surface area contributed by atoms with E-state index < -0.39 is 6.03 Å². The van der Waals surface area contributed by atoms with E-state index in [4.69, 9.17) is 5.73 Å². The highest BCUT2D eigenvalue weighted by Crippen LogP contribution is 2.21. The fourth-order valence-corrected chi connectivity index (χ4v) is 2.32. The minimum Gasteiger partial charge on any atom is -0.351 e. The number of imide groups is 1. The monoisotopic (exact) mass is 228 g/mol. The van der Waals surface area contributed by atoms with Crippen LogP contribution in [0.5, 0.6) is 0 Å². The van der Waals surface area contributed by atoms with Crippen LogP contribution in [0.25, 0.3) is 0 Å². The molecule has 0 spiro atoms. The Labute approximate surface area is 96.1 Å². The number of amides is 3. The van der Waals surface area contributed by atoms with Gasteiger partial charge in [-0.3, -0.25) is 10.1 Å². The van der Waals surface area contributed by atoms with Crippen LogP contribution in [0.4, 0.5) is 4.79 Å². The third-order valence-electron chi connectivity index (χ3n) is 3.37. The number of quaternary nitrogens is 1. The number of urea groups is 1. The van der Waals surface area contributed by atoms with Crippen LogP contribution < -0.4 is 16.4 Å². The van der Waals surface area contributed by atoms with Gasteiger partial charge in [-0.15, -0.1) is 0 Å². The molecule has 1 rings (SSSR count). The highest BCUT2D eigenvalue weighted by molar-refractivity contribution is 5.95. The molecule has 0 aromatic heterocycles. The molecule has 0 bridgehead atoms. The fraction of sp³-hybridized carbons (Fsp3) is 0.818. The lowest BCUT2D eigenvalue weighted by molar-refractivity contribution is -0.714. The van der Waals surface area contributed by atoms with E-state index in [2.05, 4.69) is 17.6 Å². The normalized spacial score (nSPS) is 27.1. The Bertz CT molecular complexity index is 268. The van der Waals surface area contributed by atoms with Gasteiger partial charge in [0.25, 0.3) is 5.91 Å². The number of primary amides is 1. The second-order valence-electron chi connectivity index (χ2n) is 4.76. The topological polar surface area (TPSA) is 88.8 Å². The van der Waals surface area contributed by atoms with Crippen molar-refractivity contribution in [1.82, 2.24) is 5.32 Å². The van der Waals surface area contributed by atoms with Crippen LogP contribution in [0.2, 0.25) is 0 Å². The summed E-state index contributed by atoms with van der Waals surface area (Å²) in [5.41, 5.74) is 4.91. The Morgan fingerprint density at radius 3 is 2.56 bits per heavy atom. The minimum atomic E-state index is -0.776. The molecule has 0 aliphatic heterocycles. The van der Waals surface area contributed by atoms with Crippen molar-refractivity contribution in [2.24, 2.45) is 11.7 Å². The van der Waals surface area contributed by atoms with Gasteiger partial charge in [0.2, 0.25) is 0 Å². The zero-order chi connectivity index (χ0) is 12.1. The van der Waals surface area contributed by atoms with E-state index in [1.807, 2.05) is 0 Å². The molecule has 0 aromatic rings. The predicted molar refractivity (Wildman–Crippen MR) is 60.5 cm³/mol. The Kier molecular flexibility index (Phi) is 4.73.